The van der Waals surface area contributed by atoms with Gasteiger partial charge < -0.3 is 15.2 Å². The number of nitrogens with zero attached hydrogens (tertiary/aromatic N) is 2. The summed E-state index contributed by atoms with van der Waals surface area (Å²) in [4.78, 5) is 0. The van der Waals surface area contributed by atoms with E-state index >= 15 is 0 Å². The first-order chi connectivity index (χ1) is 10.1. The van der Waals surface area contributed by atoms with E-state index in [1.165, 1.54) is 0 Å². The Morgan fingerprint density at radius 2 is 1.95 bits per heavy atom. The predicted octanol–water partition coefficient (Wildman–Crippen LogP) is 2.64. The van der Waals surface area contributed by atoms with Crippen LogP contribution in [0.3, 0.4) is 0 Å². The maximum absolute atomic E-state index is 6.17. The standard InChI is InChI=1S/C16H21N3O2/c1-10(2)8-12-15(18-19(3)16(12)17)11-4-5-13-14(9-11)21-7-6-20-13/h4-5,9-10H,6-8,17H2,1-3H3. The molecular weight excluding hydrogens is 266 g/mol. The quantitative estimate of drug-likeness (QED) is 0.942. The molecule has 2 heterocycles. The number of fused-ring (bicyclic) bond motifs is 1. The summed E-state index contributed by atoms with van der Waals surface area (Å²) in [5, 5.41) is 4.58. The molecule has 0 unspecified atom stereocenters. The van der Waals surface area contributed by atoms with Gasteiger partial charge in [0, 0.05) is 18.2 Å². The number of anilines is 1. The zero-order valence-electron chi connectivity index (χ0n) is 12.7. The molecule has 2 aromatic rings. The van der Waals surface area contributed by atoms with Crippen LogP contribution in [-0.4, -0.2) is 23.0 Å². The van der Waals surface area contributed by atoms with Crippen LogP contribution in [0.25, 0.3) is 11.3 Å². The molecule has 5 heteroatoms. The molecular formula is C16H21N3O2. The summed E-state index contributed by atoms with van der Waals surface area (Å²) in [6.45, 7) is 5.54. The van der Waals surface area contributed by atoms with Crippen LogP contribution in [0.2, 0.25) is 0 Å². The van der Waals surface area contributed by atoms with Crippen molar-refractivity contribution < 1.29 is 9.47 Å². The van der Waals surface area contributed by atoms with Crippen molar-refractivity contribution in [3.8, 4) is 22.8 Å². The lowest BCUT2D eigenvalue weighted by molar-refractivity contribution is 0.171. The van der Waals surface area contributed by atoms with Gasteiger partial charge in [-0.15, -0.1) is 0 Å². The number of nitrogens with two attached hydrogens (primary N) is 1. The van der Waals surface area contributed by atoms with Gasteiger partial charge in [0.25, 0.3) is 0 Å². The normalized spacial score (nSPS) is 13.7. The minimum absolute atomic E-state index is 0.521. The molecule has 0 aliphatic carbocycles. The van der Waals surface area contributed by atoms with E-state index in [0.717, 1.165) is 40.6 Å². The Morgan fingerprint density at radius 1 is 1.24 bits per heavy atom. The highest BCUT2D eigenvalue weighted by molar-refractivity contribution is 5.71. The molecule has 0 amide bonds. The molecule has 0 radical (unpaired) electrons. The highest BCUT2D eigenvalue weighted by Gasteiger charge is 2.19. The first kappa shape index (κ1) is 13.8. The smallest absolute Gasteiger partial charge is 0.162 e. The van der Waals surface area contributed by atoms with Gasteiger partial charge in [0.05, 0.1) is 5.69 Å². The minimum atomic E-state index is 0.521. The molecule has 1 aromatic heterocycles. The lowest BCUT2D eigenvalue weighted by Crippen LogP contribution is -2.15. The molecule has 2 N–H and O–H groups in total. The Kier molecular flexibility index (Phi) is 3.49. The molecule has 0 saturated carbocycles. The van der Waals surface area contributed by atoms with Crippen molar-refractivity contribution in [2.24, 2.45) is 13.0 Å². The number of hydrogen-bond donors (Lipinski definition) is 1. The zero-order chi connectivity index (χ0) is 15.0. The lowest BCUT2D eigenvalue weighted by atomic mass is 9.99. The highest BCUT2D eigenvalue weighted by atomic mass is 16.6. The number of hydrogen-bond acceptors (Lipinski definition) is 4. The molecule has 21 heavy (non-hydrogen) atoms. The van der Waals surface area contributed by atoms with Crippen molar-refractivity contribution >= 4 is 5.82 Å². The predicted molar refractivity (Wildman–Crippen MR) is 82.6 cm³/mol. The average molecular weight is 287 g/mol. The Morgan fingerprint density at radius 3 is 2.67 bits per heavy atom. The van der Waals surface area contributed by atoms with Crippen LogP contribution in [0.5, 0.6) is 11.5 Å². The molecule has 5 nitrogen and oxygen atoms in total. The van der Waals surface area contributed by atoms with Crippen LogP contribution in [0.4, 0.5) is 5.82 Å². The molecule has 1 aliphatic heterocycles. The summed E-state index contributed by atoms with van der Waals surface area (Å²) in [7, 11) is 1.88. The summed E-state index contributed by atoms with van der Waals surface area (Å²) in [5.41, 5.74) is 9.22. The van der Waals surface area contributed by atoms with Gasteiger partial charge in [0.1, 0.15) is 19.0 Å². The van der Waals surface area contributed by atoms with E-state index in [2.05, 4.69) is 18.9 Å². The molecule has 3 rings (SSSR count). The summed E-state index contributed by atoms with van der Waals surface area (Å²) in [5.74, 6) is 2.82. The largest absolute Gasteiger partial charge is 0.486 e. The Balaban J connectivity index is 2.05. The summed E-state index contributed by atoms with van der Waals surface area (Å²) >= 11 is 0. The number of rotatable bonds is 3. The van der Waals surface area contributed by atoms with Gasteiger partial charge in [0.15, 0.2) is 11.5 Å². The van der Waals surface area contributed by atoms with Crippen molar-refractivity contribution in [1.29, 1.82) is 0 Å². The minimum Gasteiger partial charge on any atom is -0.486 e. The van der Waals surface area contributed by atoms with Crippen LogP contribution in [0, 0.1) is 5.92 Å². The average Bonchev–Trinajstić information content (AvgIpc) is 2.74. The fraction of sp³-hybridized carbons (Fsp3) is 0.438. The van der Waals surface area contributed by atoms with Gasteiger partial charge >= 0.3 is 0 Å². The third kappa shape index (κ3) is 2.55. The molecule has 1 aliphatic rings. The number of aromatic nitrogens is 2. The van der Waals surface area contributed by atoms with E-state index in [-0.39, 0.29) is 0 Å². The summed E-state index contributed by atoms with van der Waals surface area (Å²) in [6, 6.07) is 5.94. The number of benzene rings is 1. The monoisotopic (exact) mass is 287 g/mol. The van der Waals surface area contributed by atoms with E-state index < -0.39 is 0 Å². The van der Waals surface area contributed by atoms with Gasteiger partial charge in [0.2, 0.25) is 0 Å². The summed E-state index contributed by atoms with van der Waals surface area (Å²) in [6.07, 6.45) is 0.906. The third-order valence-electron chi connectivity index (χ3n) is 3.62. The number of aryl methyl sites for hydroxylation is 1. The molecule has 0 spiro atoms. The van der Waals surface area contributed by atoms with Gasteiger partial charge in [-0.1, -0.05) is 13.8 Å². The fourth-order valence-electron chi connectivity index (χ4n) is 2.61. The van der Waals surface area contributed by atoms with E-state index in [9.17, 15) is 0 Å². The summed E-state index contributed by atoms with van der Waals surface area (Å²) < 4.78 is 13.0. The highest BCUT2D eigenvalue weighted by Crippen LogP contribution is 2.36. The van der Waals surface area contributed by atoms with Gasteiger partial charge in [-0.05, 0) is 30.5 Å². The molecule has 0 saturated heterocycles. The van der Waals surface area contributed by atoms with Crippen molar-refractivity contribution in [2.75, 3.05) is 18.9 Å². The number of ether oxygens (including phenoxy) is 2. The van der Waals surface area contributed by atoms with Crippen LogP contribution in [0.15, 0.2) is 18.2 Å². The van der Waals surface area contributed by atoms with Crippen molar-refractivity contribution in [1.82, 2.24) is 9.78 Å². The Labute approximate surface area is 124 Å². The van der Waals surface area contributed by atoms with E-state index in [1.807, 2.05) is 25.2 Å². The topological polar surface area (TPSA) is 62.3 Å². The van der Waals surface area contributed by atoms with Gasteiger partial charge in [-0.2, -0.15) is 5.10 Å². The van der Waals surface area contributed by atoms with Crippen molar-refractivity contribution in [3.63, 3.8) is 0 Å². The first-order valence-corrected chi connectivity index (χ1v) is 7.27. The van der Waals surface area contributed by atoms with Crippen LogP contribution in [0.1, 0.15) is 19.4 Å². The van der Waals surface area contributed by atoms with Crippen LogP contribution >= 0.6 is 0 Å². The third-order valence-corrected chi connectivity index (χ3v) is 3.62. The second-order valence-corrected chi connectivity index (χ2v) is 5.79. The molecule has 1 aromatic carbocycles. The first-order valence-electron chi connectivity index (χ1n) is 7.27. The molecule has 0 atom stereocenters. The van der Waals surface area contributed by atoms with E-state index in [4.69, 9.17) is 15.2 Å². The van der Waals surface area contributed by atoms with Crippen LogP contribution < -0.4 is 15.2 Å². The van der Waals surface area contributed by atoms with E-state index in [0.29, 0.717) is 19.1 Å². The molecule has 0 bridgehead atoms. The Hall–Kier alpha value is -2.17. The Bertz CT molecular complexity index is 662. The van der Waals surface area contributed by atoms with Gasteiger partial charge in [-0.3, -0.25) is 4.68 Å². The zero-order valence-corrected chi connectivity index (χ0v) is 12.7. The van der Waals surface area contributed by atoms with E-state index in [1.54, 1.807) is 4.68 Å². The molecule has 0 fully saturated rings. The van der Waals surface area contributed by atoms with Crippen molar-refractivity contribution in [2.45, 2.75) is 20.3 Å². The van der Waals surface area contributed by atoms with Crippen molar-refractivity contribution in [3.05, 3.63) is 23.8 Å². The molecule has 112 valence electrons. The second-order valence-electron chi connectivity index (χ2n) is 5.79. The maximum atomic E-state index is 6.17. The van der Waals surface area contributed by atoms with Gasteiger partial charge in [-0.25, -0.2) is 0 Å². The lowest BCUT2D eigenvalue weighted by Gasteiger charge is -2.18. The fourth-order valence-corrected chi connectivity index (χ4v) is 2.61. The second kappa shape index (κ2) is 5.31. The SMILES string of the molecule is CC(C)Cc1c(-c2ccc3c(c2)OCCO3)nn(C)c1N. The maximum Gasteiger partial charge on any atom is 0.162 e. The number of nitrogen functional groups attached to an aromatic ring is 1. The van der Waals surface area contributed by atoms with Crippen LogP contribution in [-0.2, 0) is 13.5 Å².